The molecule has 1 N–H and O–H groups in total. The lowest BCUT2D eigenvalue weighted by molar-refractivity contribution is -0.164. The number of halogens is 1. The van der Waals surface area contributed by atoms with Gasteiger partial charge < -0.3 is 19.7 Å². The van der Waals surface area contributed by atoms with Crippen LogP contribution in [0.2, 0.25) is 0 Å². The van der Waals surface area contributed by atoms with Crippen molar-refractivity contribution < 1.29 is 33.4 Å². The highest BCUT2D eigenvalue weighted by Gasteiger charge is 2.41. The van der Waals surface area contributed by atoms with Crippen LogP contribution in [0.15, 0.2) is 42.5 Å². The SMILES string of the molecule is CCC(C)(C)C(=O)C(=O)N1CCCC[C@H]1C(=O)O[C@H](CCc1ccc(C=O)c(OC)c1)c1cccc(NC(=O)CCl)c1. The van der Waals surface area contributed by atoms with E-state index >= 15 is 0 Å². The van der Waals surface area contributed by atoms with Crippen LogP contribution in [-0.4, -0.2) is 60.3 Å². The molecule has 2 atom stereocenters. The van der Waals surface area contributed by atoms with Gasteiger partial charge in [0.05, 0.1) is 12.7 Å². The molecule has 1 aliphatic heterocycles. The molecule has 0 unspecified atom stereocenters. The highest BCUT2D eigenvalue weighted by atomic mass is 35.5. The largest absolute Gasteiger partial charge is 0.496 e. The van der Waals surface area contributed by atoms with Crippen molar-refractivity contribution in [2.75, 3.05) is 24.9 Å². The lowest BCUT2D eigenvalue weighted by Gasteiger charge is -2.36. The Kier molecular flexibility index (Phi) is 11.7. The van der Waals surface area contributed by atoms with Crippen molar-refractivity contribution in [1.29, 1.82) is 0 Å². The number of amides is 2. The van der Waals surface area contributed by atoms with Gasteiger partial charge in [-0.05, 0) is 73.9 Å². The number of anilines is 1. The first kappa shape index (κ1) is 32.8. The van der Waals surface area contributed by atoms with Crippen LogP contribution in [0.1, 0.15) is 80.5 Å². The quantitative estimate of drug-likeness (QED) is 0.144. The molecule has 0 aromatic heterocycles. The van der Waals surface area contributed by atoms with E-state index in [0.29, 0.717) is 61.2 Å². The van der Waals surface area contributed by atoms with E-state index in [-0.39, 0.29) is 11.8 Å². The molecule has 2 amide bonds. The van der Waals surface area contributed by atoms with Crippen LogP contribution in [0.4, 0.5) is 5.69 Å². The molecule has 0 saturated carbocycles. The highest BCUT2D eigenvalue weighted by Crippen LogP contribution is 2.31. The average molecular weight is 599 g/mol. The second-order valence-corrected chi connectivity index (χ2v) is 11.3. The van der Waals surface area contributed by atoms with Crippen molar-refractivity contribution >= 4 is 47.1 Å². The van der Waals surface area contributed by atoms with Crippen molar-refractivity contribution in [3.63, 3.8) is 0 Å². The van der Waals surface area contributed by atoms with E-state index in [1.54, 1.807) is 50.2 Å². The number of nitrogens with one attached hydrogen (secondary N) is 1. The van der Waals surface area contributed by atoms with Gasteiger partial charge in [-0.15, -0.1) is 11.6 Å². The van der Waals surface area contributed by atoms with E-state index in [0.717, 1.165) is 18.3 Å². The number of ether oxygens (including phenoxy) is 2. The first-order chi connectivity index (χ1) is 20.0. The number of ketones is 1. The lowest BCUT2D eigenvalue weighted by atomic mass is 9.84. The summed E-state index contributed by atoms with van der Waals surface area (Å²) in [6.07, 6.45) is 3.14. The summed E-state index contributed by atoms with van der Waals surface area (Å²) in [5.41, 5.74) is 1.60. The third-order valence-corrected chi connectivity index (χ3v) is 8.01. The number of likely N-dealkylation sites (tertiary alicyclic amines) is 1. The molecule has 10 heteroatoms. The van der Waals surface area contributed by atoms with Gasteiger partial charge in [-0.3, -0.25) is 19.2 Å². The molecule has 42 heavy (non-hydrogen) atoms. The van der Waals surface area contributed by atoms with Crippen molar-refractivity contribution in [2.24, 2.45) is 5.41 Å². The summed E-state index contributed by atoms with van der Waals surface area (Å²) in [5.74, 6) is -1.90. The van der Waals surface area contributed by atoms with Crippen LogP contribution in [0.3, 0.4) is 0 Å². The first-order valence-electron chi connectivity index (χ1n) is 14.2. The molecular weight excluding hydrogens is 560 g/mol. The molecule has 0 spiro atoms. The van der Waals surface area contributed by atoms with Gasteiger partial charge >= 0.3 is 5.97 Å². The third-order valence-electron chi connectivity index (χ3n) is 7.77. The number of Topliss-reactive ketones (excluding diaryl/α,β-unsaturated/α-hetero) is 1. The Morgan fingerprint density at radius 1 is 1.14 bits per heavy atom. The smallest absolute Gasteiger partial charge is 0.329 e. The van der Waals surface area contributed by atoms with Crippen molar-refractivity contribution in [1.82, 2.24) is 4.90 Å². The fraction of sp³-hybridized carbons (Fsp3) is 0.469. The Morgan fingerprint density at radius 2 is 1.90 bits per heavy atom. The number of carbonyl (C=O) groups excluding carboxylic acids is 5. The minimum absolute atomic E-state index is 0.208. The zero-order valence-corrected chi connectivity index (χ0v) is 25.4. The molecule has 1 fully saturated rings. The maximum atomic E-state index is 13.7. The monoisotopic (exact) mass is 598 g/mol. The number of rotatable bonds is 13. The van der Waals surface area contributed by atoms with Gasteiger partial charge in [-0.2, -0.15) is 0 Å². The van der Waals surface area contributed by atoms with E-state index < -0.39 is 35.2 Å². The fourth-order valence-electron chi connectivity index (χ4n) is 4.83. The van der Waals surface area contributed by atoms with E-state index in [4.69, 9.17) is 21.1 Å². The average Bonchev–Trinajstić information content (AvgIpc) is 3.01. The number of methoxy groups -OCH3 is 1. The number of aldehydes is 1. The zero-order chi connectivity index (χ0) is 30.9. The van der Waals surface area contributed by atoms with Crippen LogP contribution in [0.5, 0.6) is 5.75 Å². The normalized spacial score (nSPS) is 15.8. The molecule has 0 aliphatic carbocycles. The number of alkyl halides is 1. The molecule has 3 rings (SSSR count). The number of carbonyl (C=O) groups is 5. The van der Waals surface area contributed by atoms with Crippen LogP contribution in [0, 0.1) is 5.41 Å². The van der Waals surface area contributed by atoms with Crippen LogP contribution < -0.4 is 10.1 Å². The minimum Gasteiger partial charge on any atom is -0.496 e. The molecule has 1 aliphatic rings. The highest BCUT2D eigenvalue weighted by molar-refractivity contribution is 6.38. The summed E-state index contributed by atoms with van der Waals surface area (Å²) >= 11 is 5.65. The second-order valence-electron chi connectivity index (χ2n) is 11.0. The molecule has 226 valence electrons. The van der Waals surface area contributed by atoms with Crippen LogP contribution in [0.25, 0.3) is 0 Å². The van der Waals surface area contributed by atoms with Gasteiger partial charge in [0, 0.05) is 17.6 Å². The number of hydrogen-bond donors (Lipinski definition) is 1. The summed E-state index contributed by atoms with van der Waals surface area (Å²) in [5, 5.41) is 2.71. The predicted octanol–water partition coefficient (Wildman–Crippen LogP) is 5.29. The van der Waals surface area contributed by atoms with Crippen LogP contribution >= 0.6 is 11.6 Å². The number of nitrogens with zero attached hydrogens (tertiary/aromatic N) is 1. The number of esters is 1. The minimum atomic E-state index is -0.878. The van der Waals surface area contributed by atoms with Gasteiger partial charge in [0.1, 0.15) is 23.8 Å². The standard InChI is InChI=1S/C32H39ClN2O7/c1-5-32(2,3)29(38)30(39)35-16-7-6-11-25(35)31(40)42-26(22-9-8-10-24(18-22)34-28(37)19-33)15-13-21-12-14-23(20-36)27(17-21)41-4/h8-10,12,14,17-18,20,25-26H,5-7,11,13,15-16,19H2,1-4H3,(H,34,37)/t25-,26+/m0/s1. The predicted molar refractivity (Wildman–Crippen MR) is 160 cm³/mol. The molecule has 9 nitrogen and oxygen atoms in total. The lowest BCUT2D eigenvalue weighted by Crippen LogP contribution is -2.53. The van der Waals surface area contributed by atoms with Crippen molar-refractivity contribution in [3.8, 4) is 5.75 Å². The maximum absolute atomic E-state index is 13.7. The summed E-state index contributed by atoms with van der Waals surface area (Å²) in [6.45, 7) is 5.61. The molecule has 0 radical (unpaired) electrons. The number of hydrogen-bond acceptors (Lipinski definition) is 7. The summed E-state index contributed by atoms with van der Waals surface area (Å²) in [6, 6.07) is 11.3. The van der Waals surface area contributed by atoms with Gasteiger partial charge in [0.15, 0.2) is 6.29 Å². The third kappa shape index (κ3) is 8.18. The maximum Gasteiger partial charge on any atom is 0.329 e. The van der Waals surface area contributed by atoms with E-state index in [1.165, 1.54) is 12.0 Å². The zero-order valence-electron chi connectivity index (χ0n) is 24.6. The summed E-state index contributed by atoms with van der Waals surface area (Å²) in [4.78, 5) is 64.5. The molecule has 2 aromatic carbocycles. The second kappa shape index (κ2) is 15.0. The number of piperidine rings is 1. The van der Waals surface area contributed by atoms with E-state index in [1.807, 2.05) is 13.0 Å². The van der Waals surface area contributed by atoms with Gasteiger partial charge in [0.2, 0.25) is 11.7 Å². The molecule has 1 heterocycles. The topological polar surface area (TPSA) is 119 Å². The van der Waals surface area contributed by atoms with E-state index in [9.17, 15) is 24.0 Å². The molecule has 0 bridgehead atoms. The number of aryl methyl sites for hydroxylation is 1. The molecule has 2 aromatic rings. The van der Waals surface area contributed by atoms with Gasteiger partial charge in [-0.1, -0.05) is 39.0 Å². The Labute approximate surface area is 251 Å². The Morgan fingerprint density at radius 3 is 2.57 bits per heavy atom. The molecule has 1 saturated heterocycles. The van der Waals surface area contributed by atoms with Crippen molar-refractivity contribution in [3.05, 3.63) is 59.2 Å². The van der Waals surface area contributed by atoms with Gasteiger partial charge in [-0.25, -0.2) is 4.79 Å². The Balaban J connectivity index is 1.88. The Hall–Kier alpha value is -3.72. The van der Waals surface area contributed by atoms with E-state index in [2.05, 4.69) is 5.32 Å². The Bertz CT molecular complexity index is 1310. The number of benzene rings is 2. The van der Waals surface area contributed by atoms with Crippen molar-refractivity contribution in [2.45, 2.75) is 71.4 Å². The molecular formula is C32H39ClN2O7. The van der Waals surface area contributed by atoms with Gasteiger partial charge in [0.25, 0.3) is 5.91 Å². The first-order valence-corrected chi connectivity index (χ1v) is 14.7. The summed E-state index contributed by atoms with van der Waals surface area (Å²) < 4.78 is 11.4. The summed E-state index contributed by atoms with van der Waals surface area (Å²) in [7, 11) is 1.49. The van der Waals surface area contributed by atoms with Crippen LogP contribution in [-0.2, 0) is 30.3 Å². The fourth-order valence-corrected chi connectivity index (χ4v) is 4.90.